The molecule has 1 saturated heterocycles. The smallest absolute Gasteiger partial charge is 0.323 e. The van der Waals surface area contributed by atoms with Crippen LogP contribution in [0.3, 0.4) is 0 Å². The fourth-order valence-corrected chi connectivity index (χ4v) is 3.11. The maximum absolute atomic E-state index is 12.2. The number of carbonyl (C=O) groups is 1. The minimum absolute atomic E-state index is 0.0590. The highest BCUT2D eigenvalue weighted by molar-refractivity contribution is 7.15. The summed E-state index contributed by atoms with van der Waals surface area (Å²) in [7, 11) is 0. The number of thiazole rings is 1. The van der Waals surface area contributed by atoms with E-state index in [0.717, 1.165) is 36.1 Å². The van der Waals surface area contributed by atoms with Crippen molar-refractivity contribution in [3.05, 3.63) is 10.6 Å². The van der Waals surface area contributed by atoms with E-state index in [1.165, 1.54) is 24.2 Å². The van der Waals surface area contributed by atoms with E-state index in [-0.39, 0.29) is 12.1 Å². The molecule has 1 saturated carbocycles. The normalized spacial score (nSPS) is 22.3. The van der Waals surface area contributed by atoms with Crippen LogP contribution in [0.2, 0.25) is 0 Å². The van der Waals surface area contributed by atoms with Gasteiger partial charge in [0.15, 0.2) is 5.13 Å². The summed E-state index contributed by atoms with van der Waals surface area (Å²) < 4.78 is 5.85. The van der Waals surface area contributed by atoms with Gasteiger partial charge >= 0.3 is 6.03 Å². The molecule has 1 atom stereocenters. The minimum Gasteiger partial charge on any atom is -0.376 e. The molecular formula is C14H21N3O2S. The molecule has 2 amide bonds. The third kappa shape index (κ3) is 3.30. The molecule has 0 radical (unpaired) electrons. The zero-order valence-electron chi connectivity index (χ0n) is 12.0. The third-order valence-electron chi connectivity index (χ3n) is 3.94. The Morgan fingerprint density at radius 2 is 2.25 bits per heavy atom. The van der Waals surface area contributed by atoms with Gasteiger partial charge in [0.2, 0.25) is 0 Å². The van der Waals surface area contributed by atoms with E-state index in [1.807, 2.05) is 18.7 Å². The van der Waals surface area contributed by atoms with E-state index in [2.05, 4.69) is 10.3 Å². The van der Waals surface area contributed by atoms with Crippen molar-refractivity contribution in [2.24, 2.45) is 5.92 Å². The second kappa shape index (κ2) is 5.69. The highest BCUT2D eigenvalue weighted by atomic mass is 32.1. The van der Waals surface area contributed by atoms with Crippen molar-refractivity contribution in [2.45, 2.75) is 39.2 Å². The van der Waals surface area contributed by atoms with Gasteiger partial charge in [-0.1, -0.05) is 0 Å². The number of aromatic nitrogens is 1. The second-order valence-corrected chi connectivity index (χ2v) is 6.93. The Kier molecular flexibility index (Phi) is 3.94. The van der Waals surface area contributed by atoms with Crippen LogP contribution in [0.5, 0.6) is 0 Å². The highest BCUT2D eigenvalue weighted by Crippen LogP contribution is 2.30. The van der Waals surface area contributed by atoms with E-state index in [1.54, 1.807) is 0 Å². The van der Waals surface area contributed by atoms with Gasteiger partial charge in [0.1, 0.15) is 0 Å². The summed E-state index contributed by atoms with van der Waals surface area (Å²) in [4.78, 5) is 19.5. The van der Waals surface area contributed by atoms with E-state index < -0.39 is 0 Å². The number of amides is 2. The first-order valence-electron chi connectivity index (χ1n) is 7.23. The lowest BCUT2D eigenvalue weighted by atomic mass is 10.3. The number of ether oxygens (including phenoxy) is 1. The Balaban J connectivity index is 1.47. The van der Waals surface area contributed by atoms with Crippen molar-refractivity contribution in [3.8, 4) is 0 Å². The number of urea groups is 1. The van der Waals surface area contributed by atoms with Gasteiger partial charge in [-0.05, 0) is 39.0 Å². The lowest BCUT2D eigenvalue weighted by Gasteiger charge is -2.16. The zero-order chi connectivity index (χ0) is 14.1. The summed E-state index contributed by atoms with van der Waals surface area (Å²) >= 11 is 1.52. The fourth-order valence-electron chi connectivity index (χ4n) is 2.30. The van der Waals surface area contributed by atoms with Gasteiger partial charge in [0, 0.05) is 24.6 Å². The van der Waals surface area contributed by atoms with Crippen molar-refractivity contribution < 1.29 is 9.53 Å². The number of likely N-dealkylation sites (tertiary alicyclic amines) is 1. The highest BCUT2D eigenvalue weighted by Gasteiger charge is 2.29. The number of anilines is 1. The van der Waals surface area contributed by atoms with Crippen LogP contribution in [0.15, 0.2) is 0 Å². The van der Waals surface area contributed by atoms with Gasteiger partial charge < -0.3 is 9.64 Å². The molecule has 1 aliphatic heterocycles. The van der Waals surface area contributed by atoms with Crippen molar-refractivity contribution >= 4 is 22.5 Å². The first kappa shape index (κ1) is 13.8. The van der Waals surface area contributed by atoms with Crippen molar-refractivity contribution in [1.82, 2.24) is 9.88 Å². The summed E-state index contributed by atoms with van der Waals surface area (Å²) in [6, 6.07) is -0.0590. The summed E-state index contributed by atoms with van der Waals surface area (Å²) in [6.45, 7) is 6.30. The van der Waals surface area contributed by atoms with Crippen LogP contribution in [-0.4, -0.2) is 41.7 Å². The van der Waals surface area contributed by atoms with Crippen LogP contribution in [-0.2, 0) is 4.74 Å². The van der Waals surface area contributed by atoms with Gasteiger partial charge in [-0.2, -0.15) is 0 Å². The molecule has 1 aromatic heterocycles. The molecule has 1 aromatic rings. The van der Waals surface area contributed by atoms with Gasteiger partial charge in [-0.15, -0.1) is 11.3 Å². The van der Waals surface area contributed by atoms with Gasteiger partial charge in [0.25, 0.3) is 0 Å². The summed E-state index contributed by atoms with van der Waals surface area (Å²) in [5, 5.41) is 3.57. The molecule has 5 nitrogen and oxygen atoms in total. The number of hydrogen-bond donors (Lipinski definition) is 1. The largest absolute Gasteiger partial charge is 0.376 e. The summed E-state index contributed by atoms with van der Waals surface area (Å²) in [5.74, 6) is 0.777. The average molecular weight is 295 g/mol. The van der Waals surface area contributed by atoms with Crippen LogP contribution in [0.25, 0.3) is 0 Å². The van der Waals surface area contributed by atoms with Crippen LogP contribution in [0.1, 0.15) is 29.8 Å². The number of nitrogens with one attached hydrogen (secondary N) is 1. The van der Waals surface area contributed by atoms with Crippen molar-refractivity contribution in [2.75, 3.05) is 25.0 Å². The Bertz CT molecular complexity index is 479. The predicted molar refractivity (Wildman–Crippen MR) is 79.3 cm³/mol. The second-order valence-electron chi connectivity index (χ2n) is 5.72. The quantitative estimate of drug-likeness (QED) is 0.929. The molecule has 2 heterocycles. The fraction of sp³-hybridized carbons (Fsp3) is 0.714. The van der Waals surface area contributed by atoms with Crippen LogP contribution >= 0.6 is 11.3 Å². The van der Waals surface area contributed by atoms with E-state index in [0.29, 0.717) is 11.7 Å². The number of nitrogens with zero attached hydrogens (tertiary/aromatic N) is 2. The SMILES string of the molecule is Cc1nc(NC(=O)N2CCC(OCC3CC3)C2)sc1C. The third-order valence-corrected chi connectivity index (χ3v) is 4.93. The molecule has 0 aromatic carbocycles. The maximum Gasteiger partial charge on any atom is 0.323 e. The number of hydrogen-bond acceptors (Lipinski definition) is 4. The molecule has 1 aliphatic carbocycles. The molecule has 6 heteroatoms. The Labute approximate surface area is 123 Å². The maximum atomic E-state index is 12.2. The lowest BCUT2D eigenvalue weighted by molar-refractivity contribution is 0.0543. The topological polar surface area (TPSA) is 54.5 Å². The molecule has 110 valence electrons. The van der Waals surface area contributed by atoms with E-state index in [9.17, 15) is 4.79 Å². The molecule has 1 N–H and O–H groups in total. The Morgan fingerprint density at radius 1 is 1.45 bits per heavy atom. The first-order chi connectivity index (χ1) is 9.61. The van der Waals surface area contributed by atoms with Crippen molar-refractivity contribution in [1.29, 1.82) is 0 Å². The van der Waals surface area contributed by atoms with Crippen LogP contribution < -0.4 is 5.32 Å². The summed E-state index contributed by atoms with van der Waals surface area (Å²) in [6.07, 6.45) is 3.76. The van der Waals surface area contributed by atoms with Crippen LogP contribution in [0.4, 0.5) is 9.93 Å². The number of rotatable bonds is 4. The first-order valence-corrected chi connectivity index (χ1v) is 8.05. The van der Waals surface area contributed by atoms with Gasteiger partial charge in [-0.25, -0.2) is 9.78 Å². The van der Waals surface area contributed by atoms with E-state index >= 15 is 0 Å². The molecule has 3 rings (SSSR count). The lowest BCUT2D eigenvalue weighted by Crippen LogP contribution is -2.34. The predicted octanol–water partition coefficient (Wildman–Crippen LogP) is 2.79. The van der Waals surface area contributed by atoms with Gasteiger partial charge in [-0.3, -0.25) is 5.32 Å². The molecule has 2 fully saturated rings. The molecular weight excluding hydrogens is 274 g/mol. The zero-order valence-corrected chi connectivity index (χ0v) is 12.8. The molecule has 20 heavy (non-hydrogen) atoms. The average Bonchev–Trinajstić information content (AvgIpc) is 3.02. The van der Waals surface area contributed by atoms with Crippen LogP contribution in [0, 0.1) is 19.8 Å². The van der Waals surface area contributed by atoms with Crippen molar-refractivity contribution in [3.63, 3.8) is 0 Å². The minimum atomic E-state index is -0.0590. The number of aryl methyl sites for hydroxylation is 2. The summed E-state index contributed by atoms with van der Waals surface area (Å²) in [5.41, 5.74) is 0.984. The Morgan fingerprint density at radius 3 is 2.90 bits per heavy atom. The van der Waals surface area contributed by atoms with Gasteiger partial charge in [0.05, 0.1) is 11.8 Å². The molecule has 0 spiro atoms. The van der Waals surface area contributed by atoms with E-state index in [4.69, 9.17) is 4.74 Å². The monoisotopic (exact) mass is 295 g/mol. The number of carbonyl (C=O) groups excluding carboxylic acids is 1. The standard InChI is InChI=1S/C14H21N3O2S/c1-9-10(2)20-13(15-9)16-14(18)17-6-5-12(7-17)19-8-11-3-4-11/h11-12H,3-8H2,1-2H3,(H,15,16,18). The molecule has 2 aliphatic rings. The molecule has 0 bridgehead atoms. The molecule has 1 unspecified atom stereocenters. The Hall–Kier alpha value is -1.14.